The lowest BCUT2D eigenvalue weighted by atomic mass is 9.94. The lowest BCUT2D eigenvalue weighted by Gasteiger charge is -2.38. The molecule has 0 radical (unpaired) electrons. The molecular weight excluding hydrogens is 156 g/mol. The van der Waals surface area contributed by atoms with Crippen LogP contribution in [0.25, 0.3) is 0 Å². The van der Waals surface area contributed by atoms with Crippen molar-refractivity contribution >= 4 is 5.97 Å². The van der Waals surface area contributed by atoms with Crippen molar-refractivity contribution in [3.05, 3.63) is 12.7 Å². The van der Waals surface area contributed by atoms with E-state index in [2.05, 4.69) is 6.58 Å². The third kappa shape index (κ3) is 2.34. The Morgan fingerprint density at radius 2 is 2.50 bits per heavy atom. The summed E-state index contributed by atoms with van der Waals surface area (Å²) < 4.78 is 10.1. The third-order valence-electron chi connectivity index (χ3n) is 2.12. The second-order valence-electron chi connectivity index (χ2n) is 3.17. The minimum Gasteiger partial charge on any atom is -0.462 e. The largest absolute Gasteiger partial charge is 0.462 e. The number of hydrogen-bond acceptors (Lipinski definition) is 3. The standard InChI is InChI=1S/C9H14O3/c1-3-8(10)11-6-4-9(2)5-7-12-9/h3H,1,4-7H2,2H3. The van der Waals surface area contributed by atoms with Crippen molar-refractivity contribution in [1.29, 1.82) is 0 Å². The van der Waals surface area contributed by atoms with Crippen LogP contribution >= 0.6 is 0 Å². The predicted molar refractivity (Wildman–Crippen MR) is 44.7 cm³/mol. The van der Waals surface area contributed by atoms with Crippen LogP contribution in [0.15, 0.2) is 12.7 Å². The van der Waals surface area contributed by atoms with Crippen LogP contribution in [0.5, 0.6) is 0 Å². The van der Waals surface area contributed by atoms with Crippen molar-refractivity contribution in [2.75, 3.05) is 13.2 Å². The molecule has 12 heavy (non-hydrogen) atoms. The van der Waals surface area contributed by atoms with E-state index in [0.29, 0.717) is 6.61 Å². The van der Waals surface area contributed by atoms with Gasteiger partial charge in [0, 0.05) is 12.5 Å². The van der Waals surface area contributed by atoms with Crippen molar-refractivity contribution in [3.63, 3.8) is 0 Å². The van der Waals surface area contributed by atoms with Gasteiger partial charge in [-0.05, 0) is 13.3 Å². The van der Waals surface area contributed by atoms with E-state index < -0.39 is 0 Å². The van der Waals surface area contributed by atoms with E-state index in [-0.39, 0.29) is 11.6 Å². The average Bonchev–Trinajstić information content (AvgIpc) is 2.01. The van der Waals surface area contributed by atoms with Gasteiger partial charge in [-0.3, -0.25) is 0 Å². The quantitative estimate of drug-likeness (QED) is 0.471. The highest BCUT2D eigenvalue weighted by Crippen LogP contribution is 2.28. The molecular formula is C9H14O3. The number of hydrogen-bond donors (Lipinski definition) is 0. The van der Waals surface area contributed by atoms with Crippen molar-refractivity contribution in [2.45, 2.75) is 25.4 Å². The summed E-state index contributed by atoms with van der Waals surface area (Å²) in [6.07, 6.45) is 3.00. The van der Waals surface area contributed by atoms with Crippen molar-refractivity contribution in [1.82, 2.24) is 0 Å². The normalized spacial score (nSPS) is 27.4. The maximum atomic E-state index is 10.6. The Balaban J connectivity index is 2.09. The van der Waals surface area contributed by atoms with Crippen LogP contribution in [-0.2, 0) is 14.3 Å². The molecule has 0 aromatic carbocycles. The molecule has 1 unspecified atom stereocenters. The van der Waals surface area contributed by atoms with Gasteiger partial charge >= 0.3 is 5.97 Å². The molecule has 1 fully saturated rings. The van der Waals surface area contributed by atoms with Crippen molar-refractivity contribution in [2.24, 2.45) is 0 Å². The molecule has 0 aliphatic carbocycles. The van der Waals surface area contributed by atoms with Crippen LogP contribution in [0.3, 0.4) is 0 Å². The molecule has 1 heterocycles. The number of carbonyl (C=O) groups is 1. The summed E-state index contributed by atoms with van der Waals surface area (Å²) in [5.41, 5.74) is -0.0541. The first-order chi connectivity index (χ1) is 5.66. The molecule has 68 valence electrons. The topological polar surface area (TPSA) is 35.5 Å². The molecule has 3 nitrogen and oxygen atoms in total. The van der Waals surface area contributed by atoms with E-state index in [9.17, 15) is 4.79 Å². The monoisotopic (exact) mass is 170 g/mol. The molecule has 1 aliphatic rings. The van der Waals surface area contributed by atoms with Gasteiger partial charge in [0.15, 0.2) is 0 Å². The Hall–Kier alpha value is -0.830. The fourth-order valence-corrected chi connectivity index (χ4v) is 1.07. The van der Waals surface area contributed by atoms with Gasteiger partial charge in [-0.2, -0.15) is 0 Å². The molecule has 0 amide bonds. The predicted octanol–water partition coefficient (Wildman–Crippen LogP) is 1.28. The second kappa shape index (κ2) is 3.72. The number of ether oxygens (including phenoxy) is 2. The van der Waals surface area contributed by atoms with Gasteiger partial charge in [0.25, 0.3) is 0 Å². The minimum atomic E-state index is -0.363. The molecule has 0 aromatic heterocycles. The van der Waals surface area contributed by atoms with Gasteiger partial charge in [-0.15, -0.1) is 0 Å². The molecule has 0 spiro atoms. The Kier molecular flexibility index (Phi) is 2.87. The zero-order valence-corrected chi connectivity index (χ0v) is 7.34. The first-order valence-corrected chi connectivity index (χ1v) is 4.09. The van der Waals surface area contributed by atoms with Crippen LogP contribution in [0.2, 0.25) is 0 Å². The van der Waals surface area contributed by atoms with Gasteiger partial charge in [0.1, 0.15) is 0 Å². The lowest BCUT2D eigenvalue weighted by Crippen LogP contribution is -2.41. The van der Waals surface area contributed by atoms with Gasteiger partial charge < -0.3 is 9.47 Å². The first kappa shape index (κ1) is 9.26. The molecule has 1 atom stereocenters. The van der Waals surface area contributed by atoms with Crippen molar-refractivity contribution < 1.29 is 14.3 Å². The third-order valence-corrected chi connectivity index (χ3v) is 2.12. The summed E-state index contributed by atoms with van der Waals surface area (Å²) in [6.45, 7) is 6.57. The van der Waals surface area contributed by atoms with Crippen LogP contribution in [-0.4, -0.2) is 24.8 Å². The number of esters is 1. The van der Waals surface area contributed by atoms with Gasteiger partial charge in [0.2, 0.25) is 0 Å². The Morgan fingerprint density at radius 1 is 1.83 bits per heavy atom. The van der Waals surface area contributed by atoms with E-state index in [1.165, 1.54) is 6.08 Å². The molecule has 3 heteroatoms. The lowest BCUT2D eigenvalue weighted by molar-refractivity contribution is -0.155. The maximum Gasteiger partial charge on any atom is 0.330 e. The summed E-state index contributed by atoms with van der Waals surface area (Å²) in [4.78, 5) is 10.6. The van der Waals surface area contributed by atoms with E-state index in [4.69, 9.17) is 9.47 Å². The highest BCUT2D eigenvalue weighted by atomic mass is 16.5. The van der Waals surface area contributed by atoms with Crippen LogP contribution in [0.4, 0.5) is 0 Å². The van der Waals surface area contributed by atoms with Crippen molar-refractivity contribution in [3.8, 4) is 0 Å². The Morgan fingerprint density at radius 3 is 2.92 bits per heavy atom. The Labute approximate surface area is 72.4 Å². The fraction of sp³-hybridized carbons (Fsp3) is 0.667. The number of rotatable bonds is 4. The molecule has 1 saturated heterocycles. The summed E-state index contributed by atoms with van der Waals surface area (Å²) in [7, 11) is 0. The van der Waals surface area contributed by atoms with Gasteiger partial charge in [0.05, 0.1) is 18.8 Å². The highest BCUT2D eigenvalue weighted by molar-refractivity contribution is 5.81. The smallest absolute Gasteiger partial charge is 0.330 e. The Bertz CT molecular complexity index is 182. The van der Waals surface area contributed by atoms with Crippen LogP contribution in [0, 0.1) is 0 Å². The second-order valence-corrected chi connectivity index (χ2v) is 3.17. The van der Waals surface area contributed by atoms with Gasteiger partial charge in [-0.25, -0.2) is 4.79 Å². The molecule has 1 aliphatic heterocycles. The summed E-state index contributed by atoms with van der Waals surface area (Å²) in [5.74, 6) is -0.363. The molecule has 0 aromatic rings. The van der Waals surface area contributed by atoms with E-state index in [1.807, 2.05) is 6.92 Å². The molecule has 0 saturated carbocycles. The summed E-state index contributed by atoms with van der Waals surface area (Å²) in [6, 6.07) is 0. The summed E-state index contributed by atoms with van der Waals surface area (Å²) >= 11 is 0. The highest BCUT2D eigenvalue weighted by Gasteiger charge is 2.32. The first-order valence-electron chi connectivity index (χ1n) is 4.09. The van der Waals surface area contributed by atoms with Gasteiger partial charge in [-0.1, -0.05) is 6.58 Å². The number of carbonyl (C=O) groups excluding carboxylic acids is 1. The average molecular weight is 170 g/mol. The van der Waals surface area contributed by atoms with Crippen LogP contribution < -0.4 is 0 Å². The minimum absolute atomic E-state index is 0.0541. The van der Waals surface area contributed by atoms with Crippen LogP contribution in [0.1, 0.15) is 19.8 Å². The zero-order chi connectivity index (χ0) is 9.03. The maximum absolute atomic E-state index is 10.6. The molecule has 0 bridgehead atoms. The molecule has 1 rings (SSSR count). The van der Waals surface area contributed by atoms with E-state index in [0.717, 1.165) is 19.4 Å². The SMILES string of the molecule is C=CC(=O)OCCC1(C)CCO1. The molecule has 0 N–H and O–H groups in total. The van der Waals surface area contributed by atoms with E-state index in [1.54, 1.807) is 0 Å². The fourth-order valence-electron chi connectivity index (χ4n) is 1.07. The zero-order valence-electron chi connectivity index (χ0n) is 7.34. The van der Waals surface area contributed by atoms with E-state index >= 15 is 0 Å². The summed E-state index contributed by atoms with van der Waals surface area (Å²) in [5, 5.41) is 0.